The molecule has 2 atom stereocenters. The molecule has 0 saturated heterocycles. The fourth-order valence-corrected chi connectivity index (χ4v) is 1.24. The molecule has 0 spiro atoms. The van der Waals surface area contributed by atoms with Crippen molar-refractivity contribution in [3.63, 3.8) is 0 Å². The van der Waals surface area contributed by atoms with E-state index in [-0.39, 0.29) is 11.8 Å². The Morgan fingerprint density at radius 3 is 2.29 bits per heavy atom. The lowest BCUT2D eigenvalue weighted by Gasteiger charge is -2.15. The molecule has 0 aliphatic rings. The number of unbranched alkanes of at least 4 members (excludes halogenated alkanes) is 1. The number of hydrogen-bond acceptors (Lipinski definition) is 4. The normalized spacial score (nSPS) is 14.4. The van der Waals surface area contributed by atoms with Crippen LogP contribution in [0.3, 0.4) is 0 Å². The summed E-state index contributed by atoms with van der Waals surface area (Å²) in [5.41, 5.74) is 11.0. The number of nitrogens with one attached hydrogen (secondary N) is 1. The van der Waals surface area contributed by atoms with Gasteiger partial charge in [-0.3, -0.25) is 9.59 Å². The first-order chi connectivity index (χ1) is 7.86. The minimum Gasteiger partial charge on any atom is -0.480 e. The van der Waals surface area contributed by atoms with Crippen LogP contribution in [0, 0.1) is 5.92 Å². The highest BCUT2D eigenvalue weighted by Crippen LogP contribution is 2.00. The van der Waals surface area contributed by atoms with E-state index in [4.69, 9.17) is 16.6 Å². The van der Waals surface area contributed by atoms with Crippen molar-refractivity contribution in [3.05, 3.63) is 0 Å². The van der Waals surface area contributed by atoms with Crippen molar-refractivity contribution < 1.29 is 14.7 Å². The molecule has 0 rings (SSSR count). The number of nitrogens with two attached hydrogens (primary N) is 2. The minimum absolute atomic E-state index is 0.107. The Morgan fingerprint density at radius 1 is 1.24 bits per heavy atom. The molecular formula is C11H23N3O3. The molecule has 6 heteroatoms. The van der Waals surface area contributed by atoms with Gasteiger partial charge >= 0.3 is 5.97 Å². The van der Waals surface area contributed by atoms with Crippen molar-refractivity contribution in [1.82, 2.24) is 5.32 Å². The molecule has 0 unspecified atom stereocenters. The number of carbonyl (C=O) groups excluding carboxylic acids is 1. The van der Waals surface area contributed by atoms with Crippen molar-refractivity contribution in [1.29, 1.82) is 0 Å². The summed E-state index contributed by atoms with van der Waals surface area (Å²) in [5, 5.41) is 11.3. The molecule has 0 saturated carbocycles. The third-order valence-corrected chi connectivity index (χ3v) is 2.58. The number of hydrogen-bond donors (Lipinski definition) is 4. The van der Waals surface area contributed by atoms with E-state index in [0.717, 1.165) is 0 Å². The van der Waals surface area contributed by atoms with Gasteiger partial charge in [0.05, 0.1) is 6.04 Å². The van der Waals surface area contributed by atoms with Crippen molar-refractivity contribution in [2.45, 2.75) is 45.2 Å². The Bertz CT molecular complexity index is 256. The molecule has 0 aromatic carbocycles. The quantitative estimate of drug-likeness (QED) is 0.437. The zero-order valence-electron chi connectivity index (χ0n) is 10.5. The number of aliphatic carboxylic acids is 1. The summed E-state index contributed by atoms with van der Waals surface area (Å²) in [6.07, 6.45) is 1.80. The second-order valence-corrected chi connectivity index (χ2v) is 4.50. The maximum Gasteiger partial charge on any atom is 0.320 e. The first-order valence-corrected chi connectivity index (χ1v) is 5.88. The van der Waals surface area contributed by atoms with Crippen LogP contribution in [0.1, 0.15) is 33.1 Å². The van der Waals surface area contributed by atoms with Gasteiger partial charge in [-0.1, -0.05) is 13.8 Å². The van der Waals surface area contributed by atoms with Gasteiger partial charge in [0.2, 0.25) is 5.91 Å². The van der Waals surface area contributed by atoms with Crippen LogP contribution in [-0.4, -0.2) is 35.6 Å². The van der Waals surface area contributed by atoms with Crippen LogP contribution >= 0.6 is 0 Å². The second kappa shape index (κ2) is 8.03. The Morgan fingerprint density at radius 2 is 1.82 bits per heavy atom. The molecule has 0 aromatic heterocycles. The maximum atomic E-state index is 11.4. The number of carboxylic acids is 1. The van der Waals surface area contributed by atoms with Gasteiger partial charge in [-0.15, -0.1) is 0 Å². The largest absolute Gasteiger partial charge is 0.480 e. The summed E-state index contributed by atoms with van der Waals surface area (Å²) in [6.45, 7) is 4.28. The summed E-state index contributed by atoms with van der Waals surface area (Å²) < 4.78 is 0. The third-order valence-electron chi connectivity index (χ3n) is 2.58. The minimum atomic E-state index is -0.990. The summed E-state index contributed by atoms with van der Waals surface area (Å²) in [7, 11) is 0. The molecule has 0 aliphatic carbocycles. The zero-order valence-corrected chi connectivity index (χ0v) is 10.5. The van der Waals surface area contributed by atoms with Crippen LogP contribution < -0.4 is 16.8 Å². The molecule has 0 heterocycles. The molecule has 6 N–H and O–H groups in total. The first-order valence-electron chi connectivity index (χ1n) is 5.88. The van der Waals surface area contributed by atoms with E-state index in [1.807, 2.05) is 13.8 Å². The van der Waals surface area contributed by atoms with Gasteiger partial charge in [0.25, 0.3) is 0 Å². The van der Waals surface area contributed by atoms with Gasteiger partial charge in [0.1, 0.15) is 6.04 Å². The number of carbonyl (C=O) groups is 2. The van der Waals surface area contributed by atoms with Gasteiger partial charge in [-0.05, 0) is 25.2 Å². The Kier molecular flexibility index (Phi) is 7.49. The molecule has 1 amide bonds. The van der Waals surface area contributed by atoms with E-state index in [2.05, 4.69) is 5.32 Å². The highest BCUT2D eigenvalue weighted by atomic mass is 16.4. The van der Waals surface area contributed by atoms with Crippen molar-refractivity contribution in [2.24, 2.45) is 17.4 Å². The number of rotatable bonds is 8. The molecule has 6 nitrogen and oxygen atoms in total. The number of amides is 1. The molecule has 0 fully saturated rings. The average Bonchev–Trinajstić information content (AvgIpc) is 2.26. The average molecular weight is 245 g/mol. The fourth-order valence-electron chi connectivity index (χ4n) is 1.24. The summed E-state index contributed by atoms with van der Waals surface area (Å²) in [6, 6.07) is -1.31. The van der Waals surface area contributed by atoms with E-state index in [1.54, 1.807) is 0 Å². The summed E-state index contributed by atoms with van der Waals surface area (Å²) >= 11 is 0. The zero-order chi connectivity index (χ0) is 13.4. The predicted octanol–water partition coefficient (Wildman–Crippen LogP) is -0.332. The first kappa shape index (κ1) is 15.9. The van der Waals surface area contributed by atoms with Crippen molar-refractivity contribution >= 4 is 11.9 Å². The lowest BCUT2D eigenvalue weighted by molar-refractivity contribution is -0.138. The van der Waals surface area contributed by atoms with Crippen molar-refractivity contribution in [2.75, 3.05) is 6.54 Å². The van der Waals surface area contributed by atoms with Gasteiger partial charge in [-0.2, -0.15) is 0 Å². The van der Waals surface area contributed by atoms with E-state index < -0.39 is 18.1 Å². The molecule has 0 radical (unpaired) electrons. The predicted molar refractivity (Wildman–Crippen MR) is 65.3 cm³/mol. The van der Waals surface area contributed by atoms with Gasteiger partial charge < -0.3 is 21.9 Å². The van der Waals surface area contributed by atoms with Gasteiger partial charge in [0.15, 0.2) is 0 Å². The van der Waals surface area contributed by atoms with Gasteiger partial charge in [0, 0.05) is 6.54 Å². The lowest BCUT2D eigenvalue weighted by Crippen LogP contribution is -2.44. The molecule has 0 bridgehead atoms. The highest BCUT2D eigenvalue weighted by molar-refractivity contribution is 5.81. The fraction of sp³-hybridized carbons (Fsp3) is 0.818. The summed E-state index contributed by atoms with van der Waals surface area (Å²) in [5.74, 6) is -1.05. The summed E-state index contributed by atoms with van der Waals surface area (Å²) in [4.78, 5) is 21.9. The van der Waals surface area contributed by atoms with E-state index >= 15 is 0 Å². The van der Waals surface area contributed by atoms with Gasteiger partial charge in [-0.25, -0.2) is 0 Å². The van der Waals surface area contributed by atoms with E-state index in [0.29, 0.717) is 25.8 Å². The molecule has 100 valence electrons. The maximum absolute atomic E-state index is 11.4. The van der Waals surface area contributed by atoms with Crippen molar-refractivity contribution in [3.8, 4) is 0 Å². The standard InChI is InChI=1S/C11H23N3O3/c1-7(2)9(13)10(15)14-6-4-3-5-8(12)11(16)17/h7-9H,3-6,12-13H2,1-2H3,(H,14,15)(H,16,17)/t8-,9+/m1/s1. The number of carboxylic acid groups (broad SMARTS) is 1. The Hall–Kier alpha value is -1.14. The van der Waals surface area contributed by atoms with E-state index in [1.165, 1.54) is 0 Å². The van der Waals surface area contributed by atoms with E-state index in [9.17, 15) is 9.59 Å². The van der Waals surface area contributed by atoms with Crippen LogP contribution in [0.15, 0.2) is 0 Å². The second-order valence-electron chi connectivity index (χ2n) is 4.50. The molecular weight excluding hydrogens is 222 g/mol. The monoisotopic (exact) mass is 245 g/mol. The topological polar surface area (TPSA) is 118 Å². The molecule has 17 heavy (non-hydrogen) atoms. The molecule has 0 aliphatic heterocycles. The molecule has 0 aromatic rings. The van der Waals surface area contributed by atoms with Crippen LogP contribution in [0.2, 0.25) is 0 Å². The highest BCUT2D eigenvalue weighted by Gasteiger charge is 2.16. The third kappa shape index (κ3) is 6.91. The van der Waals surface area contributed by atoms with Crippen LogP contribution in [0.25, 0.3) is 0 Å². The van der Waals surface area contributed by atoms with Crippen LogP contribution in [-0.2, 0) is 9.59 Å². The Labute approximate surface area is 102 Å². The lowest BCUT2D eigenvalue weighted by atomic mass is 10.0. The SMILES string of the molecule is CC(C)[C@H](N)C(=O)NCCCC[C@@H](N)C(=O)O. The van der Waals surface area contributed by atoms with Crippen LogP contribution in [0.5, 0.6) is 0 Å². The smallest absolute Gasteiger partial charge is 0.320 e. The Balaban J connectivity index is 3.59. The van der Waals surface area contributed by atoms with Crippen LogP contribution in [0.4, 0.5) is 0 Å².